The molecule has 0 saturated carbocycles. The lowest BCUT2D eigenvalue weighted by Crippen LogP contribution is -2.30. The van der Waals surface area contributed by atoms with Gasteiger partial charge in [-0.2, -0.15) is 14.3 Å². The van der Waals surface area contributed by atoms with Gasteiger partial charge in [0.1, 0.15) is 5.78 Å². The first-order chi connectivity index (χ1) is 18.4. The van der Waals surface area contributed by atoms with Gasteiger partial charge >= 0.3 is 6.03 Å². The summed E-state index contributed by atoms with van der Waals surface area (Å²) in [5.41, 5.74) is 17.6. The molecule has 0 aliphatic heterocycles. The Morgan fingerprint density at radius 1 is 0.868 bits per heavy atom. The van der Waals surface area contributed by atoms with E-state index in [-0.39, 0.29) is 35.5 Å². The molecule has 20 heteroatoms. The van der Waals surface area contributed by atoms with Crippen molar-refractivity contribution in [2.75, 3.05) is 11.9 Å². The highest BCUT2D eigenvalue weighted by atomic mass is 16.2. The third kappa shape index (κ3) is 7.64. The highest BCUT2D eigenvalue weighted by Crippen LogP contribution is 2.17. The number of urea groups is 1. The van der Waals surface area contributed by atoms with Crippen LogP contribution in [0.3, 0.4) is 0 Å². The van der Waals surface area contributed by atoms with E-state index in [1.165, 1.54) is 0 Å². The molecule has 38 heavy (non-hydrogen) atoms. The summed E-state index contributed by atoms with van der Waals surface area (Å²) in [5.74, 6) is -0.308. The molecule has 0 aliphatic carbocycles. The normalized spacial score (nSPS) is 10.4. The standard InChI is InChI=1S/C18H24N18O2/c1-3-12-22-14(29-33-19)35(31-12)16-25-27-17(28-26-16)36-15(30-34-20)23-13(32-36)24-18(38)21-10-8-6-4-5-7-9-11(2)37/h3-10H2,1-2H3,(H2,21,24,32,38). The van der Waals surface area contributed by atoms with Gasteiger partial charge in [-0.05, 0) is 41.1 Å². The quantitative estimate of drug-likeness (QED) is 0.134. The summed E-state index contributed by atoms with van der Waals surface area (Å²) in [4.78, 5) is 36.5. The molecule has 0 fully saturated rings. The number of unbranched alkanes of at least 4 members (excludes halogenated alkanes) is 4. The van der Waals surface area contributed by atoms with E-state index in [1.807, 2.05) is 6.92 Å². The van der Waals surface area contributed by atoms with E-state index < -0.39 is 6.03 Å². The minimum atomic E-state index is -0.553. The van der Waals surface area contributed by atoms with Crippen LogP contribution in [-0.2, 0) is 11.2 Å². The minimum absolute atomic E-state index is 0.0956. The number of aryl methyl sites for hydroxylation is 1. The largest absolute Gasteiger partial charge is 0.338 e. The zero-order chi connectivity index (χ0) is 27.3. The topological polar surface area (TPSA) is 269 Å². The average Bonchev–Trinajstić information content (AvgIpc) is 3.49. The van der Waals surface area contributed by atoms with E-state index in [0.29, 0.717) is 25.2 Å². The molecule has 20 nitrogen and oxygen atoms in total. The van der Waals surface area contributed by atoms with Crippen molar-refractivity contribution in [3.63, 3.8) is 0 Å². The smallest absolute Gasteiger partial charge is 0.321 e. The molecule has 0 radical (unpaired) electrons. The number of hydrogen-bond acceptors (Lipinski definition) is 12. The Balaban J connectivity index is 1.62. The number of azide groups is 2. The van der Waals surface area contributed by atoms with Crippen LogP contribution >= 0.6 is 0 Å². The van der Waals surface area contributed by atoms with Crippen molar-refractivity contribution in [1.29, 1.82) is 0 Å². The van der Waals surface area contributed by atoms with Gasteiger partial charge in [0, 0.05) is 29.2 Å². The van der Waals surface area contributed by atoms with Crippen LogP contribution in [0.25, 0.3) is 32.8 Å². The van der Waals surface area contributed by atoms with Crippen molar-refractivity contribution in [2.45, 2.75) is 58.8 Å². The Morgan fingerprint density at radius 2 is 1.45 bits per heavy atom. The Kier molecular flexibility index (Phi) is 9.91. The molecule has 0 saturated heterocycles. The first-order valence-electron chi connectivity index (χ1n) is 11.6. The van der Waals surface area contributed by atoms with Gasteiger partial charge in [-0.1, -0.05) is 26.2 Å². The molecule has 0 atom stereocenters. The summed E-state index contributed by atoms with van der Waals surface area (Å²) in [6.45, 7) is 3.83. The van der Waals surface area contributed by atoms with Crippen LogP contribution < -0.4 is 10.6 Å². The van der Waals surface area contributed by atoms with Gasteiger partial charge in [-0.3, -0.25) is 5.32 Å². The summed E-state index contributed by atoms with van der Waals surface area (Å²) >= 11 is 0. The first kappa shape index (κ1) is 27.4. The Bertz CT molecular complexity index is 1350. The van der Waals surface area contributed by atoms with Crippen LogP contribution in [0.5, 0.6) is 0 Å². The maximum absolute atomic E-state index is 12.2. The Hall–Kier alpha value is -5.22. The average molecular weight is 525 g/mol. The fourth-order valence-electron chi connectivity index (χ4n) is 3.09. The summed E-state index contributed by atoms with van der Waals surface area (Å²) in [6.07, 6.45) is 5.57. The first-order valence-corrected chi connectivity index (χ1v) is 11.6. The number of nitrogens with zero attached hydrogens (tertiary/aromatic N) is 16. The van der Waals surface area contributed by atoms with Crippen molar-refractivity contribution in [3.8, 4) is 11.9 Å². The third-order valence-corrected chi connectivity index (χ3v) is 4.86. The fourth-order valence-corrected chi connectivity index (χ4v) is 3.09. The fraction of sp³-hybridized carbons (Fsp3) is 0.556. The van der Waals surface area contributed by atoms with E-state index in [4.69, 9.17) is 11.1 Å². The lowest BCUT2D eigenvalue weighted by atomic mass is 10.1. The van der Waals surface area contributed by atoms with Gasteiger partial charge in [0.2, 0.25) is 11.9 Å². The second-order valence-corrected chi connectivity index (χ2v) is 7.72. The highest BCUT2D eigenvalue weighted by Gasteiger charge is 2.18. The van der Waals surface area contributed by atoms with Crippen LogP contribution in [0.1, 0.15) is 58.2 Å². The maximum atomic E-state index is 12.2. The number of carbonyl (C=O) groups is 2. The van der Waals surface area contributed by atoms with Gasteiger partial charge in [-0.15, -0.1) is 30.6 Å². The number of nitrogens with one attached hydrogen (secondary N) is 2. The predicted octanol–water partition coefficient (Wildman–Crippen LogP) is 2.93. The van der Waals surface area contributed by atoms with Gasteiger partial charge in [0.15, 0.2) is 5.82 Å². The van der Waals surface area contributed by atoms with E-state index >= 15 is 0 Å². The third-order valence-electron chi connectivity index (χ3n) is 4.86. The molecule has 3 aromatic rings. The summed E-state index contributed by atoms with van der Waals surface area (Å²) < 4.78 is 2.01. The number of carbonyl (C=O) groups excluding carboxylic acids is 2. The maximum Gasteiger partial charge on any atom is 0.321 e. The lowest BCUT2D eigenvalue weighted by molar-refractivity contribution is -0.117. The SMILES string of the molecule is CCc1nc(N=[N+]=[N-])n(-c2nnc(-n3nc(NC(=O)NCCCCCCCC(C)=O)nc3N=[N+]=[N-])nn2)n1. The molecule has 2 N–H and O–H groups in total. The molecule has 3 aromatic heterocycles. The molecule has 0 aliphatic rings. The van der Waals surface area contributed by atoms with E-state index in [0.717, 1.165) is 41.5 Å². The Morgan fingerprint density at radius 3 is 2.05 bits per heavy atom. The monoisotopic (exact) mass is 524 g/mol. The molecular weight excluding hydrogens is 500 g/mol. The molecule has 2 amide bonds. The number of amides is 2. The van der Waals surface area contributed by atoms with Crippen molar-refractivity contribution >= 4 is 29.7 Å². The van der Waals surface area contributed by atoms with Gasteiger partial charge in [-0.25, -0.2) is 9.78 Å². The number of anilines is 1. The second-order valence-electron chi connectivity index (χ2n) is 7.72. The summed E-state index contributed by atoms with van der Waals surface area (Å²) in [5, 5.41) is 35.7. The molecule has 0 unspecified atom stereocenters. The minimum Gasteiger partial charge on any atom is -0.338 e. The second kappa shape index (κ2) is 13.8. The predicted molar refractivity (Wildman–Crippen MR) is 130 cm³/mol. The van der Waals surface area contributed by atoms with Crippen LogP contribution in [0.2, 0.25) is 0 Å². The van der Waals surface area contributed by atoms with Crippen molar-refractivity contribution < 1.29 is 9.59 Å². The van der Waals surface area contributed by atoms with Crippen molar-refractivity contribution in [3.05, 3.63) is 26.7 Å². The summed E-state index contributed by atoms with van der Waals surface area (Å²) in [7, 11) is 0. The van der Waals surface area contributed by atoms with Crippen LogP contribution in [0, 0.1) is 0 Å². The molecule has 3 heterocycles. The van der Waals surface area contributed by atoms with Gasteiger partial charge < -0.3 is 10.1 Å². The van der Waals surface area contributed by atoms with E-state index in [9.17, 15) is 9.59 Å². The van der Waals surface area contributed by atoms with Crippen molar-refractivity contribution in [1.82, 2.24) is 55.2 Å². The number of hydrogen-bond donors (Lipinski definition) is 2. The molecule has 198 valence electrons. The van der Waals surface area contributed by atoms with Gasteiger partial charge in [0.05, 0.1) is 0 Å². The zero-order valence-corrected chi connectivity index (χ0v) is 20.6. The van der Waals surface area contributed by atoms with E-state index in [1.54, 1.807) is 6.92 Å². The molecule has 3 rings (SSSR count). The molecule has 0 aromatic carbocycles. The molecule has 0 spiro atoms. The van der Waals surface area contributed by atoms with Crippen molar-refractivity contribution in [2.24, 2.45) is 10.2 Å². The Labute approximate surface area is 214 Å². The molecule has 0 bridgehead atoms. The number of Topliss-reactive ketones (excluding diaryl/α,β-unsaturated/α-hetero) is 1. The molecular formula is C18H24N18O2. The van der Waals surface area contributed by atoms with Crippen LogP contribution in [0.4, 0.5) is 22.6 Å². The number of rotatable bonds is 14. The van der Waals surface area contributed by atoms with Crippen LogP contribution in [-0.4, -0.2) is 68.3 Å². The van der Waals surface area contributed by atoms with E-state index in [2.05, 4.69) is 71.2 Å². The summed E-state index contributed by atoms with van der Waals surface area (Å²) in [6, 6.07) is -0.553. The lowest BCUT2D eigenvalue weighted by Gasteiger charge is -2.05. The highest BCUT2D eigenvalue weighted by molar-refractivity contribution is 5.87. The zero-order valence-electron chi connectivity index (χ0n) is 20.6. The van der Waals surface area contributed by atoms with Gasteiger partial charge in [0.25, 0.3) is 17.8 Å². The number of aromatic nitrogens is 10. The number of ketones is 1. The van der Waals surface area contributed by atoms with Crippen LogP contribution in [0.15, 0.2) is 10.2 Å².